The summed E-state index contributed by atoms with van der Waals surface area (Å²) in [6, 6.07) is 6.83. The molecule has 0 spiro atoms. The Labute approximate surface area is 119 Å². The van der Waals surface area contributed by atoms with Crippen LogP contribution in [0.25, 0.3) is 0 Å². The van der Waals surface area contributed by atoms with Crippen LogP contribution in [0, 0.1) is 0 Å². The van der Waals surface area contributed by atoms with Gasteiger partial charge < -0.3 is 10.2 Å². The number of aliphatic hydroxyl groups excluding tert-OH is 2. The van der Waals surface area contributed by atoms with Crippen molar-refractivity contribution in [1.82, 2.24) is 4.31 Å². The Balaban J connectivity index is 2.22. The van der Waals surface area contributed by atoms with Gasteiger partial charge in [0.2, 0.25) is 10.0 Å². The quantitative estimate of drug-likeness (QED) is 0.867. The van der Waals surface area contributed by atoms with Gasteiger partial charge in [-0.15, -0.1) is 0 Å². The molecule has 6 heteroatoms. The molecule has 1 aromatic carbocycles. The smallest absolute Gasteiger partial charge is 0.243 e. The van der Waals surface area contributed by atoms with Crippen LogP contribution in [0.1, 0.15) is 31.7 Å². The largest absolute Gasteiger partial charge is 0.389 e. The van der Waals surface area contributed by atoms with Gasteiger partial charge in [-0.05, 0) is 30.0 Å². The van der Waals surface area contributed by atoms with E-state index in [9.17, 15) is 18.6 Å². The number of sulfonamides is 1. The SMILES string of the molecule is CCC(C)c1ccc(S(=O)(=O)N2CC(O)C(O)C2)cc1. The molecule has 0 amide bonds. The highest BCUT2D eigenvalue weighted by atomic mass is 32.2. The molecular formula is C14H21NO4S. The molecule has 5 nitrogen and oxygen atoms in total. The van der Waals surface area contributed by atoms with Crippen LogP contribution in [-0.4, -0.2) is 48.2 Å². The topological polar surface area (TPSA) is 77.8 Å². The third-order valence-corrected chi connectivity index (χ3v) is 5.77. The molecule has 0 bridgehead atoms. The molecule has 0 saturated carbocycles. The Morgan fingerprint density at radius 3 is 2.15 bits per heavy atom. The minimum absolute atomic E-state index is 0.0589. The van der Waals surface area contributed by atoms with Crippen molar-refractivity contribution < 1.29 is 18.6 Å². The lowest BCUT2D eigenvalue weighted by Gasteiger charge is -2.16. The van der Waals surface area contributed by atoms with Crippen molar-refractivity contribution in [3.63, 3.8) is 0 Å². The second-order valence-corrected chi connectivity index (χ2v) is 7.27. The summed E-state index contributed by atoms with van der Waals surface area (Å²) in [6.45, 7) is 4.06. The van der Waals surface area contributed by atoms with Gasteiger partial charge in [0.15, 0.2) is 0 Å². The number of aliphatic hydroxyl groups is 2. The molecule has 1 fully saturated rings. The van der Waals surface area contributed by atoms with Crippen LogP contribution in [0.5, 0.6) is 0 Å². The minimum atomic E-state index is -3.64. The summed E-state index contributed by atoms with van der Waals surface area (Å²) in [7, 11) is -3.64. The lowest BCUT2D eigenvalue weighted by molar-refractivity contribution is 0.0572. The molecule has 1 aliphatic rings. The van der Waals surface area contributed by atoms with Gasteiger partial charge in [-0.2, -0.15) is 4.31 Å². The molecule has 20 heavy (non-hydrogen) atoms. The third kappa shape index (κ3) is 2.88. The first kappa shape index (κ1) is 15.4. The van der Waals surface area contributed by atoms with Crippen LogP contribution < -0.4 is 0 Å². The van der Waals surface area contributed by atoms with Crippen LogP contribution in [0.15, 0.2) is 29.2 Å². The standard InChI is InChI=1S/C14H21NO4S/c1-3-10(2)11-4-6-12(7-5-11)20(18,19)15-8-13(16)14(17)9-15/h4-7,10,13-14,16-17H,3,8-9H2,1-2H3. The minimum Gasteiger partial charge on any atom is -0.389 e. The molecular weight excluding hydrogens is 278 g/mol. The lowest BCUT2D eigenvalue weighted by Crippen LogP contribution is -2.30. The van der Waals surface area contributed by atoms with Gasteiger partial charge in [0.05, 0.1) is 17.1 Å². The highest BCUT2D eigenvalue weighted by molar-refractivity contribution is 7.89. The maximum atomic E-state index is 12.4. The summed E-state index contributed by atoms with van der Waals surface area (Å²) in [5.41, 5.74) is 1.10. The van der Waals surface area contributed by atoms with E-state index in [1.54, 1.807) is 12.1 Å². The fourth-order valence-corrected chi connectivity index (χ4v) is 3.76. The molecule has 0 aromatic heterocycles. The molecule has 1 aliphatic heterocycles. The first-order valence-electron chi connectivity index (χ1n) is 6.82. The van der Waals surface area contributed by atoms with Crippen molar-refractivity contribution in [1.29, 1.82) is 0 Å². The van der Waals surface area contributed by atoms with Gasteiger partial charge in [-0.1, -0.05) is 26.0 Å². The fourth-order valence-electron chi connectivity index (χ4n) is 2.28. The summed E-state index contributed by atoms with van der Waals surface area (Å²) in [5.74, 6) is 0.391. The lowest BCUT2D eigenvalue weighted by atomic mass is 9.99. The zero-order valence-corrected chi connectivity index (χ0v) is 12.5. The normalized spacial score (nSPS) is 25.8. The van der Waals surface area contributed by atoms with Crippen molar-refractivity contribution in [3.8, 4) is 0 Å². The van der Waals surface area contributed by atoms with Gasteiger partial charge in [-0.3, -0.25) is 0 Å². The van der Waals surface area contributed by atoms with Crippen LogP contribution >= 0.6 is 0 Å². The molecule has 0 radical (unpaired) electrons. The first-order chi connectivity index (χ1) is 9.36. The summed E-state index contributed by atoms with van der Waals surface area (Å²) in [6.07, 6.45) is -1.02. The molecule has 2 N–H and O–H groups in total. The van der Waals surface area contributed by atoms with E-state index < -0.39 is 22.2 Å². The zero-order valence-electron chi connectivity index (χ0n) is 11.7. The number of hydrogen-bond donors (Lipinski definition) is 2. The van der Waals surface area contributed by atoms with E-state index in [2.05, 4.69) is 13.8 Å². The van der Waals surface area contributed by atoms with Gasteiger partial charge in [-0.25, -0.2) is 8.42 Å². The van der Waals surface area contributed by atoms with Crippen LogP contribution in [0.4, 0.5) is 0 Å². The van der Waals surface area contributed by atoms with Crippen molar-refractivity contribution in [2.75, 3.05) is 13.1 Å². The molecule has 3 unspecified atom stereocenters. The molecule has 2 rings (SSSR count). The van der Waals surface area contributed by atoms with Crippen LogP contribution in [0.2, 0.25) is 0 Å². The van der Waals surface area contributed by atoms with Gasteiger partial charge in [0.1, 0.15) is 0 Å². The maximum Gasteiger partial charge on any atom is 0.243 e. The van der Waals surface area contributed by atoms with Gasteiger partial charge in [0, 0.05) is 13.1 Å². The summed E-state index contributed by atoms with van der Waals surface area (Å²) in [4.78, 5) is 0.200. The second-order valence-electron chi connectivity index (χ2n) is 5.34. The Morgan fingerprint density at radius 2 is 1.70 bits per heavy atom. The second kappa shape index (κ2) is 5.81. The Kier molecular flexibility index (Phi) is 4.49. The Hall–Kier alpha value is -0.950. The molecule has 3 atom stereocenters. The van der Waals surface area contributed by atoms with Gasteiger partial charge in [0.25, 0.3) is 0 Å². The number of rotatable bonds is 4. The highest BCUT2D eigenvalue weighted by Gasteiger charge is 2.37. The predicted octanol–water partition coefficient (Wildman–Crippen LogP) is 0.926. The first-order valence-corrected chi connectivity index (χ1v) is 8.26. The monoisotopic (exact) mass is 299 g/mol. The van der Waals surface area contributed by atoms with Crippen molar-refractivity contribution in [2.45, 2.75) is 43.3 Å². The van der Waals surface area contributed by atoms with E-state index in [4.69, 9.17) is 0 Å². The summed E-state index contributed by atoms with van der Waals surface area (Å²) in [5, 5.41) is 18.9. The number of hydrogen-bond acceptors (Lipinski definition) is 4. The highest BCUT2D eigenvalue weighted by Crippen LogP contribution is 2.24. The Bertz CT molecular complexity index is 545. The summed E-state index contributed by atoms with van der Waals surface area (Å²) < 4.78 is 25.9. The van der Waals surface area contributed by atoms with E-state index in [-0.39, 0.29) is 18.0 Å². The van der Waals surface area contributed by atoms with E-state index in [0.717, 1.165) is 16.3 Å². The van der Waals surface area contributed by atoms with Gasteiger partial charge >= 0.3 is 0 Å². The predicted molar refractivity (Wildman–Crippen MR) is 75.9 cm³/mol. The fraction of sp³-hybridized carbons (Fsp3) is 0.571. The average molecular weight is 299 g/mol. The molecule has 1 saturated heterocycles. The number of β-amino-alcohol motifs (C(OH)–C–C–N with tert-alkyl or cyclic N) is 2. The van der Waals surface area contributed by atoms with Crippen LogP contribution in [-0.2, 0) is 10.0 Å². The van der Waals surface area contributed by atoms with Crippen molar-refractivity contribution >= 4 is 10.0 Å². The maximum absolute atomic E-state index is 12.4. The molecule has 112 valence electrons. The zero-order chi connectivity index (χ0) is 14.9. The van der Waals surface area contributed by atoms with E-state index >= 15 is 0 Å². The van der Waals surface area contributed by atoms with E-state index in [1.165, 1.54) is 0 Å². The molecule has 1 aromatic rings. The number of benzene rings is 1. The summed E-state index contributed by atoms with van der Waals surface area (Å²) >= 11 is 0. The van der Waals surface area contributed by atoms with E-state index in [0.29, 0.717) is 5.92 Å². The molecule has 1 heterocycles. The number of nitrogens with zero attached hydrogens (tertiary/aromatic N) is 1. The van der Waals surface area contributed by atoms with Crippen molar-refractivity contribution in [2.24, 2.45) is 0 Å². The van der Waals surface area contributed by atoms with Crippen LogP contribution in [0.3, 0.4) is 0 Å². The average Bonchev–Trinajstić information content (AvgIpc) is 2.78. The third-order valence-electron chi connectivity index (χ3n) is 3.92. The van der Waals surface area contributed by atoms with Crippen molar-refractivity contribution in [3.05, 3.63) is 29.8 Å². The van der Waals surface area contributed by atoms with E-state index in [1.807, 2.05) is 12.1 Å². The molecule has 0 aliphatic carbocycles. The Morgan fingerprint density at radius 1 is 1.20 bits per heavy atom.